The van der Waals surface area contributed by atoms with E-state index in [1.165, 1.54) is 0 Å². The Labute approximate surface area is 82.4 Å². The molecule has 5 heteroatoms. The summed E-state index contributed by atoms with van der Waals surface area (Å²) in [5.74, 6) is 0.704. The van der Waals surface area contributed by atoms with Gasteiger partial charge in [-0.1, -0.05) is 0 Å². The van der Waals surface area contributed by atoms with Gasteiger partial charge in [-0.25, -0.2) is 4.98 Å². The van der Waals surface area contributed by atoms with Crippen LogP contribution in [0.3, 0.4) is 0 Å². The minimum atomic E-state index is 0.449. The molecule has 0 aliphatic carbocycles. The quantitative estimate of drug-likeness (QED) is 0.708. The predicted molar refractivity (Wildman–Crippen MR) is 53.6 cm³/mol. The number of ether oxygens (including phenoxy) is 1. The zero-order valence-electron chi connectivity index (χ0n) is 7.76. The van der Waals surface area contributed by atoms with Crippen molar-refractivity contribution in [3.63, 3.8) is 0 Å². The minimum Gasteiger partial charge on any atom is -0.482 e. The Bertz CT molecular complexity index is 323. The molecule has 0 saturated carbocycles. The largest absolute Gasteiger partial charge is 0.482 e. The van der Waals surface area contributed by atoms with E-state index in [9.17, 15) is 0 Å². The summed E-state index contributed by atoms with van der Waals surface area (Å²) in [6, 6.07) is 0. The zero-order chi connectivity index (χ0) is 9.68. The van der Waals surface area contributed by atoms with E-state index in [0.29, 0.717) is 10.7 Å². The van der Waals surface area contributed by atoms with E-state index in [-0.39, 0.29) is 0 Å². The number of nitrogens with zero attached hydrogens (tertiary/aromatic N) is 1. The summed E-state index contributed by atoms with van der Waals surface area (Å²) in [6.45, 7) is 0.892. The van der Waals surface area contributed by atoms with Crippen molar-refractivity contribution >= 4 is 12.2 Å². The molecule has 0 amide bonds. The molecule has 1 aromatic rings. The highest BCUT2D eigenvalue weighted by molar-refractivity contribution is 7.71. The van der Waals surface area contributed by atoms with Crippen LogP contribution in [0.4, 0.5) is 0 Å². The third-order valence-electron chi connectivity index (χ3n) is 1.70. The van der Waals surface area contributed by atoms with Crippen molar-refractivity contribution in [2.75, 3.05) is 20.7 Å². The lowest BCUT2D eigenvalue weighted by Crippen LogP contribution is -2.11. The molecule has 13 heavy (non-hydrogen) atoms. The molecule has 0 bridgehead atoms. The third kappa shape index (κ3) is 2.78. The number of hydrogen-bond donors (Lipinski definition) is 2. The van der Waals surface area contributed by atoms with Crippen LogP contribution in [0.5, 0.6) is 5.88 Å². The van der Waals surface area contributed by atoms with Gasteiger partial charge in [0.2, 0.25) is 0 Å². The maximum Gasteiger partial charge on any atom is 0.199 e. The van der Waals surface area contributed by atoms with Crippen LogP contribution in [0, 0.1) is 4.77 Å². The fraction of sp³-hybridized carbons (Fsp3) is 0.500. The Morgan fingerprint density at radius 2 is 2.46 bits per heavy atom. The van der Waals surface area contributed by atoms with Gasteiger partial charge in [0.25, 0.3) is 0 Å². The van der Waals surface area contributed by atoms with E-state index in [2.05, 4.69) is 15.3 Å². The first-order valence-corrected chi connectivity index (χ1v) is 4.45. The van der Waals surface area contributed by atoms with Crippen LogP contribution in [0.2, 0.25) is 0 Å². The van der Waals surface area contributed by atoms with Crippen LogP contribution in [-0.4, -0.2) is 30.7 Å². The van der Waals surface area contributed by atoms with Crippen molar-refractivity contribution in [1.29, 1.82) is 0 Å². The minimum absolute atomic E-state index is 0.449. The normalized spacial score (nSPS) is 10.0. The van der Waals surface area contributed by atoms with Crippen molar-refractivity contribution in [3.8, 4) is 5.88 Å². The number of aromatic amines is 1. The van der Waals surface area contributed by atoms with Gasteiger partial charge < -0.3 is 15.0 Å². The zero-order valence-corrected chi connectivity index (χ0v) is 8.57. The molecule has 0 saturated heterocycles. The van der Waals surface area contributed by atoms with Gasteiger partial charge in [-0.15, -0.1) is 0 Å². The van der Waals surface area contributed by atoms with E-state index >= 15 is 0 Å². The van der Waals surface area contributed by atoms with Gasteiger partial charge in [-0.2, -0.15) is 0 Å². The SMILES string of the molecule is CNCCc1cnc(=S)[nH]c1OC. The first-order chi connectivity index (χ1) is 6.27. The summed E-state index contributed by atoms with van der Waals surface area (Å²) in [7, 11) is 3.52. The standard InChI is InChI=1S/C8H13N3OS/c1-9-4-3-6-5-10-8(13)11-7(6)12-2/h5,9H,3-4H2,1-2H3,(H,10,11,13). The Morgan fingerprint density at radius 1 is 1.69 bits per heavy atom. The second-order valence-electron chi connectivity index (χ2n) is 2.60. The average molecular weight is 199 g/mol. The molecule has 72 valence electrons. The van der Waals surface area contributed by atoms with E-state index in [4.69, 9.17) is 17.0 Å². The lowest BCUT2D eigenvalue weighted by molar-refractivity contribution is 0.390. The molecule has 1 heterocycles. The monoisotopic (exact) mass is 199 g/mol. The van der Waals surface area contributed by atoms with Gasteiger partial charge in [-0.05, 0) is 32.2 Å². The smallest absolute Gasteiger partial charge is 0.199 e. The highest BCUT2D eigenvalue weighted by atomic mass is 32.1. The summed E-state index contributed by atoms with van der Waals surface area (Å²) in [4.78, 5) is 6.88. The van der Waals surface area contributed by atoms with E-state index in [1.807, 2.05) is 7.05 Å². The summed E-state index contributed by atoms with van der Waals surface area (Å²) >= 11 is 4.88. The molecule has 0 fully saturated rings. The Hall–Kier alpha value is -0.940. The molecule has 0 aliphatic rings. The molecule has 0 aromatic carbocycles. The van der Waals surface area contributed by atoms with Gasteiger partial charge in [0, 0.05) is 11.8 Å². The van der Waals surface area contributed by atoms with Crippen LogP contribution in [0.25, 0.3) is 0 Å². The molecular weight excluding hydrogens is 186 g/mol. The number of methoxy groups -OCH3 is 1. The molecule has 0 atom stereocenters. The number of nitrogens with one attached hydrogen (secondary N) is 2. The lowest BCUT2D eigenvalue weighted by atomic mass is 10.2. The topological polar surface area (TPSA) is 49.9 Å². The van der Waals surface area contributed by atoms with E-state index in [0.717, 1.165) is 18.5 Å². The first-order valence-electron chi connectivity index (χ1n) is 4.04. The summed E-state index contributed by atoms with van der Waals surface area (Å²) < 4.78 is 5.58. The van der Waals surface area contributed by atoms with Crippen molar-refractivity contribution in [1.82, 2.24) is 15.3 Å². The van der Waals surface area contributed by atoms with Gasteiger partial charge in [0.15, 0.2) is 10.7 Å². The second-order valence-corrected chi connectivity index (χ2v) is 2.99. The van der Waals surface area contributed by atoms with Crippen LogP contribution in [0.1, 0.15) is 5.56 Å². The van der Waals surface area contributed by atoms with Crippen LogP contribution in [-0.2, 0) is 6.42 Å². The molecule has 0 radical (unpaired) electrons. The molecular formula is C8H13N3OS. The fourth-order valence-corrected chi connectivity index (χ4v) is 1.17. The molecule has 0 spiro atoms. The summed E-state index contributed by atoms with van der Waals surface area (Å²) in [5.41, 5.74) is 1.03. The summed E-state index contributed by atoms with van der Waals surface area (Å²) in [6.07, 6.45) is 2.62. The Morgan fingerprint density at radius 3 is 3.08 bits per heavy atom. The number of rotatable bonds is 4. The highest BCUT2D eigenvalue weighted by Gasteiger charge is 2.01. The number of aromatic nitrogens is 2. The van der Waals surface area contributed by atoms with Gasteiger partial charge >= 0.3 is 0 Å². The fourth-order valence-electron chi connectivity index (χ4n) is 1.02. The van der Waals surface area contributed by atoms with E-state index < -0.39 is 0 Å². The highest BCUT2D eigenvalue weighted by Crippen LogP contribution is 2.12. The van der Waals surface area contributed by atoms with Crippen molar-refractivity contribution in [3.05, 3.63) is 16.5 Å². The van der Waals surface area contributed by atoms with Gasteiger partial charge in [-0.3, -0.25) is 0 Å². The predicted octanol–water partition coefficient (Wildman–Crippen LogP) is 0.910. The Balaban J connectivity index is 2.86. The van der Waals surface area contributed by atoms with Gasteiger partial charge in [0.1, 0.15) is 0 Å². The molecule has 0 unspecified atom stereocenters. The van der Waals surface area contributed by atoms with Gasteiger partial charge in [0.05, 0.1) is 7.11 Å². The maximum absolute atomic E-state index is 5.13. The van der Waals surface area contributed by atoms with Crippen molar-refractivity contribution in [2.24, 2.45) is 0 Å². The molecule has 0 aliphatic heterocycles. The van der Waals surface area contributed by atoms with Crippen LogP contribution < -0.4 is 10.1 Å². The van der Waals surface area contributed by atoms with Crippen LogP contribution >= 0.6 is 12.2 Å². The molecule has 1 aromatic heterocycles. The first kappa shape index (κ1) is 10.1. The van der Waals surface area contributed by atoms with Crippen LogP contribution in [0.15, 0.2) is 6.20 Å². The number of hydrogen-bond acceptors (Lipinski definition) is 4. The number of likely N-dealkylation sites (N-methyl/N-ethyl adjacent to an activating group) is 1. The Kier molecular flexibility index (Phi) is 3.85. The van der Waals surface area contributed by atoms with Crippen molar-refractivity contribution in [2.45, 2.75) is 6.42 Å². The average Bonchev–Trinajstić information content (AvgIpc) is 2.16. The number of H-pyrrole nitrogens is 1. The van der Waals surface area contributed by atoms with E-state index in [1.54, 1.807) is 13.3 Å². The molecule has 1 rings (SSSR count). The third-order valence-corrected chi connectivity index (χ3v) is 1.91. The lowest BCUT2D eigenvalue weighted by Gasteiger charge is -2.06. The summed E-state index contributed by atoms with van der Waals surface area (Å²) in [5, 5.41) is 3.06. The maximum atomic E-state index is 5.13. The van der Waals surface area contributed by atoms with Crippen molar-refractivity contribution < 1.29 is 4.74 Å². The molecule has 2 N–H and O–H groups in total. The molecule has 4 nitrogen and oxygen atoms in total. The second kappa shape index (κ2) is 4.94.